The summed E-state index contributed by atoms with van der Waals surface area (Å²) in [6.07, 6.45) is 0. The average Bonchev–Trinajstić information content (AvgIpc) is 3.85. The highest BCUT2D eigenvalue weighted by Gasteiger charge is 2.19. The largest absolute Gasteiger partial charge is 0.455 e. The summed E-state index contributed by atoms with van der Waals surface area (Å²) >= 11 is 0. The van der Waals surface area contributed by atoms with E-state index in [0.29, 0.717) is 0 Å². The van der Waals surface area contributed by atoms with Gasteiger partial charge in [-0.1, -0.05) is 146 Å². The van der Waals surface area contributed by atoms with E-state index in [0.717, 1.165) is 50.1 Å². The van der Waals surface area contributed by atoms with Crippen LogP contribution >= 0.6 is 0 Å². The van der Waals surface area contributed by atoms with Gasteiger partial charge in [0, 0.05) is 49.7 Å². The Hall–Kier alpha value is -7.88. The predicted octanol–water partition coefficient (Wildman–Crippen LogP) is 15.8. The number of furan rings is 1. The molecule has 0 aliphatic heterocycles. The van der Waals surface area contributed by atoms with Crippen molar-refractivity contribution in [3.05, 3.63) is 218 Å². The molecule has 0 amide bonds. The fraction of sp³-hybridized carbons (Fsp3) is 0. The number of benzene rings is 10. The summed E-state index contributed by atoms with van der Waals surface area (Å²) in [6.45, 7) is 0. The Morgan fingerprint density at radius 1 is 0.339 bits per heavy atom. The lowest BCUT2D eigenvalue weighted by molar-refractivity contribution is 0.672. The molecule has 2 aromatic heterocycles. The molecule has 10 aromatic carbocycles. The molecule has 0 atom stereocenters. The zero-order valence-electron chi connectivity index (χ0n) is 32.1. The molecule has 0 fully saturated rings. The summed E-state index contributed by atoms with van der Waals surface area (Å²) in [4.78, 5) is 2.37. The van der Waals surface area contributed by atoms with Gasteiger partial charge in [0.2, 0.25) is 0 Å². The number of fused-ring (bicyclic) bond motifs is 9. The zero-order valence-corrected chi connectivity index (χ0v) is 32.1. The van der Waals surface area contributed by atoms with Crippen molar-refractivity contribution in [1.82, 2.24) is 4.57 Å². The molecule has 0 aliphatic rings. The number of anilines is 3. The maximum atomic E-state index is 6.57. The molecule has 3 nitrogen and oxygen atoms in total. The Morgan fingerprint density at radius 2 is 0.966 bits per heavy atom. The Labute approximate surface area is 341 Å². The minimum absolute atomic E-state index is 0.876. The van der Waals surface area contributed by atoms with Crippen LogP contribution in [0.1, 0.15) is 0 Å². The van der Waals surface area contributed by atoms with Crippen LogP contribution in [0, 0.1) is 0 Å². The van der Waals surface area contributed by atoms with Crippen molar-refractivity contribution < 1.29 is 4.42 Å². The van der Waals surface area contributed by atoms with Crippen molar-refractivity contribution in [2.24, 2.45) is 0 Å². The monoisotopic (exact) mass is 752 g/mol. The number of nitrogens with zero attached hydrogens (tertiary/aromatic N) is 2. The molecule has 0 spiro atoms. The van der Waals surface area contributed by atoms with E-state index in [1.807, 2.05) is 0 Å². The molecule has 3 heteroatoms. The number of rotatable bonds is 6. The number of hydrogen-bond donors (Lipinski definition) is 0. The molecule has 276 valence electrons. The average molecular weight is 753 g/mol. The second kappa shape index (κ2) is 13.4. The van der Waals surface area contributed by atoms with E-state index < -0.39 is 0 Å². The summed E-state index contributed by atoms with van der Waals surface area (Å²) in [5.74, 6) is 0. The van der Waals surface area contributed by atoms with Crippen LogP contribution in [0.4, 0.5) is 17.1 Å². The minimum atomic E-state index is 0.876. The van der Waals surface area contributed by atoms with Crippen molar-refractivity contribution in [2.75, 3.05) is 4.90 Å². The summed E-state index contributed by atoms with van der Waals surface area (Å²) in [6, 6.07) is 78.8. The quantitative estimate of drug-likeness (QED) is 0.169. The van der Waals surface area contributed by atoms with Crippen LogP contribution in [0.25, 0.3) is 93.2 Å². The Bertz CT molecular complexity index is 3500. The fourth-order valence-corrected chi connectivity index (χ4v) is 9.18. The molecule has 0 aliphatic carbocycles. The second-order valence-corrected chi connectivity index (χ2v) is 15.3. The number of para-hydroxylation sites is 2. The first-order valence-electron chi connectivity index (χ1n) is 20.2. The van der Waals surface area contributed by atoms with Gasteiger partial charge in [0.1, 0.15) is 11.2 Å². The molecule has 0 saturated carbocycles. The third kappa shape index (κ3) is 5.44. The van der Waals surface area contributed by atoms with Crippen molar-refractivity contribution in [2.45, 2.75) is 0 Å². The maximum Gasteiger partial charge on any atom is 0.143 e. The van der Waals surface area contributed by atoms with E-state index in [-0.39, 0.29) is 0 Å². The van der Waals surface area contributed by atoms with Crippen LogP contribution < -0.4 is 4.90 Å². The first-order chi connectivity index (χ1) is 29.2. The lowest BCUT2D eigenvalue weighted by Crippen LogP contribution is -2.10. The molecule has 12 aromatic rings. The molecule has 0 saturated heterocycles. The highest BCUT2D eigenvalue weighted by Crippen LogP contribution is 2.42. The van der Waals surface area contributed by atoms with Gasteiger partial charge in [-0.05, 0) is 111 Å². The van der Waals surface area contributed by atoms with Crippen LogP contribution in [0.5, 0.6) is 0 Å². The Morgan fingerprint density at radius 3 is 1.78 bits per heavy atom. The van der Waals surface area contributed by atoms with Gasteiger partial charge in [-0.2, -0.15) is 0 Å². The van der Waals surface area contributed by atoms with Crippen molar-refractivity contribution in [3.63, 3.8) is 0 Å². The third-order valence-electron chi connectivity index (χ3n) is 12.0. The van der Waals surface area contributed by atoms with Gasteiger partial charge in [0.05, 0.1) is 11.0 Å². The lowest BCUT2D eigenvalue weighted by atomic mass is 9.95. The van der Waals surface area contributed by atoms with Crippen LogP contribution in [-0.2, 0) is 0 Å². The zero-order chi connectivity index (χ0) is 38.9. The Kier molecular flexibility index (Phi) is 7.54. The van der Waals surface area contributed by atoms with E-state index in [1.165, 1.54) is 60.2 Å². The highest BCUT2D eigenvalue weighted by atomic mass is 16.3. The number of hydrogen-bond acceptors (Lipinski definition) is 2. The normalized spacial score (nSPS) is 11.7. The van der Waals surface area contributed by atoms with Crippen molar-refractivity contribution in [1.29, 1.82) is 0 Å². The molecular formula is C56H36N2O. The first kappa shape index (κ1) is 33.3. The summed E-state index contributed by atoms with van der Waals surface area (Å²) in [5, 5.41) is 9.47. The summed E-state index contributed by atoms with van der Waals surface area (Å²) in [7, 11) is 0. The van der Waals surface area contributed by atoms with Crippen molar-refractivity contribution in [3.8, 4) is 27.9 Å². The summed E-state index contributed by atoms with van der Waals surface area (Å²) < 4.78 is 8.96. The standard InChI is InChI=1S/C56H36N2O/c1-2-12-38(13-3-1)46-21-10-15-40-24-25-41(34-51(40)46)37-26-29-42(30-27-37)57(45-31-33-55-52(36-45)50-32-28-39-14-4-5-18-47(39)56(50)59-55)43-16-11-17-44(35-43)58-53-22-8-6-19-48(53)49-20-7-9-23-54(49)58/h1-36H. The highest BCUT2D eigenvalue weighted by molar-refractivity contribution is 6.16. The van der Waals surface area contributed by atoms with E-state index in [2.05, 4.69) is 228 Å². The predicted molar refractivity (Wildman–Crippen MR) is 249 cm³/mol. The SMILES string of the molecule is c1ccc(-c2cccc3ccc(-c4ccc(N(c5cccc(-n6c7ccccc7c7ccccc76)c5)c5ccc6oc7c8ccccc8ccc7c6c5)cc4)cc23)cc1. The molecule has 2 heterocycles. The van der Waals surface area contributed by atoms with Gasteiger partial charge in [-0.3, -0.25) is 0 Å². The van der Waals surface area contributed by atoms with Gasteiger partial charge >= 0.3 is 0 Å². The van der Waals surface area contributed by atoms with Crippen LogP contribution in [-0.4, -0.2) is 4.57 Å². The van der Waals surface area contributed by atoms with Gasteiger partial charge in [-0.25, -0.2) is 0 Å². The molecule has 0 radical (unpaired) electrons. The van der Waals surface area contributed by atoms with Crippen LogP contribution in [0.3, 0.4) is 0 Å². The number of aromatic nitrogens is 1. The Balaban J connectivity index is 1.02. The minimum Gasteiger partial charge on any atom is -0.455 e. The van der Waals surface area contributed by atoms with E-state index in [9.17, 15) is 0 Å². The summed E-state index contributed by atoms with van der Waals surface area (Å²) in [5.41, 5.74) is 13.3. The van der Waals surface area contributed by atoms with Gasteiger partial charge in [-0.15, -0.1) is 0 Å². The molecule has 0 N–H and O–H groups in total. The maximum absolute atomic E-state index is 6.57. The van der Waals surface area contributed by atoms with Gasteiger partial charge in [0.25, 0.3) is 0 Å². The van der Waals surface area contributed by atoms with E-state index >= 15 is 0 Å². The lowest BCUT2D eigenvalue weighted by Gasteiger charge is -2.26. The molecule has 59 heavy (non-hydrogen) atoms. The molecule has 0 bridgehead atoms. The smallest absolute Gasteiger partial charge is 0.143 e. The first-order valence-corrected chi connectivity index (χ1v) is 20.2. The molecule has 0 unspecified atom stereocenters. The van der Waals surface area contributed by atoms with E-state index in [4.69, 9.17) is 4.42 Å². The molecular weight excluding hydrogens is 717 g/mol. The van der Waals surface area contributed by atoms with E-state index in [1.54, 1.807) is 0 Å². The van der Waals surface area contributed by atoms with Crippen molar-refractivity contribution >= 4 is 82.4 Å². The van der Waals surface area contributed by atoms with Crippen LogP contribution in [0.15, 0.2) is 223 Å². The van der Waals surface area contributed by atoms with Crippen LogP contribution in [0.2, 0.25) is 0 Å². The third-order valence-corrected chi connectivity index (χ3v) is 12.0. The van der Waals surface area contributed by atoms with Gasteiger partial charge < -0.3 is 13.9 Å². The topological polar surface area (TPSA) is 21.3 Å². The fourth-order valence-electron chi connectivity index (χ4n) is 9.18. The van der Waals surface area contributed by atoms with Gasteiger partial charge in [0.15, 0.2) is 0 Å². The second-order valence-electron chi connectivity index (χ2n) is 15.3. The molecule has 12 rings (SSSR count).